The van der Waals surface area contributed by atoms with Crippen LogP contribution in [0.4, 0.5) is 5.69 Å². The number of nitro groups is 1. The van der Waals surface area contributed by atoms with Gasteiger partial charge in [-0.1, -0.05) is 17.7 Å². The number of aromatic nitrogens is 1. The quantitative estimate of drug-likeness (QED) is 0.420. The van der Waals surface area contributed by atoms with Crippen LogP contribution in [0.15, 0.2) is 45.9 Å². The molecule has 24 heavy (non-hydrogen) atoms. The van der Waals surface area contributed by atoms with Gasteiger partial charge in [0.1, 0.15) is 10.0 Å². The number of amides is 1. The van der Waals surface area contributed by atoms with Crippen molar-refractivity contribution in [2.45, 2.75) is 4.90 Å². The summed E-state index contributed by atoms with van der Waals surface area (Å²) in [6, 6.07) is 6.04. The molecule has 0 aliphatic carbocycles. The predicted molar refractivity (Wildman–Crippen MR) is 87.8 cm³/mol. The van der Waals surface area contributed by atoms with Crippen molar-refractivity contribution in [1.82, 2.24) is 15.2 Å². The number of carbonyl (C=O) groups excluding carboxylic acids is 1. The SMILES string of the molecule is O=C(NNS(=O)(=O)c1cnc(Cl)c(Br)c1)c1cccc([N+](=O)[O-])c1. The minimum absolute atomic E-state index is 0.0783. The van der Waals surface area contributed by atoms with Gasteiger partial charge < -0.3 is 0 Å². The number of benzene rings is 1. The molecule has 0 bridgehead atoms. The Morgan fingerprint density at radius 3 is 2.67 bits per heavy atom. The number of hydrogen-bond acceptors (Lipinski definition) is 6. The predicted octanol–water partition coefficient (Wildman–Crippen LogP) is 2.03. The second-order valence-corrected chi connectivity index (χ2v) is 7.21. The number of pyridine rings is 1. The number of nitro benzene ring substituents is 1. The molecule has 0 saturated heterocycles. The van der Waals surface area contributed by atoms with E-state index in [0.717, 1.165) is 12.3 Å². The molecule has 1 amide bonds. The van der Waals surface area contributed by atoms with Gasteiger partial charge in [-0.15, -0.1) is 4.83 Å². The van der Waals surface area contributed by atoms with E-state index in [-0.39, 0.29) is 25.8 Å². The van der Waals surface area contributed by atoms with Gasteiger partial charge in [-0.3, -0.25) is 20.3 Å². The van der Waals surface area contributed by atoms with Gasteiger partial charge in [0.05, 0.1) is 9.40 Å². The number of halogens is 2. The van der Waals surface area contributed by atoms with Crippen LogP contribution < -0.4 is 10.3 Å². The molecule has 126 valence electrons. The largest absolute Gasteiger partial charge is 0.273 e. The molecule has 2 aromatic rings. The Balaban J connectivity index is 2.14. The molecule has 2 rings (SSSR count). The molecule has 0 atom stereocenters. The summed E-state index contributed by atoms with van der Waals surface area (Å²) in [6.45, 7) is 0. The van der Waals surface area contributed by atoms with E-state index in [1.807, 2.05) is 10.3 Å². The van der Waals surface area contributed by atoms with Gasteiger partial charge in [-0.05, 0) is 28.1 Å². The Hall–Kier alpha value is -2.08. The molecule has 1 aromatic carbocycles. The highest BCUT2D eigenvalue weighted by atomic mass is 79.9. The number of hydrogen-bond donors (Lipinski definition) is 2. The first-order valence-electron chi connectivity index (χ1n) is 6.08. The van der Waals surface area contributed by atoms with Crippen molar-refractivity contribution in [3.05, 3.63) is 61.8 Å². The van der Waals surface area contributed by atoms with Crippen LogP contribution in [0.25, 0.3) is 0 Å². The van der Waals surface area contributed by atoms with E-state index in [4.69, 9.17) is 11.6 Å². The topological polar surface area (TPSA) is 131 Å². The van der Waals surface area contributed by atoms with Crippen molar-refractivity contribution in [2.75, 3.05) is 0 Å². The molecule has 0 aliphatic rings. The van der Waals surface area contributed by atoms with Gasteiger partial charge in [0, 0.05) is 23.9 Å². The molecular formula is C12H8BrClN4O5S. The van der Waals surface area contributed by atoms with Crippen LogP contribution in [0.3, 0.4) is 0 Å². The maximum absolute atomic E-state index is 12.1. The summed E-state index contributed by atoms with van der Waals surface area (Å²) < 4.78 is 24.4. The summed E-state index contributed by atoms with van der Waals surface area (Å²) in [6.07, 6.45) is 1.01. The highest BCUT2D eigenvalue weighted by molar-refractivity contribution is 9.10. The van der Waals surface area contributed by atoms with Crippen molar-refractivity contribution >= 4 is 49.1 Å². The fourth-order valence-corrected chi connectivity index (χ4v) is 2.97. The number of carbonyl (C=O) groups is 1. The van der Waals surface area contributed by atoms with Crippen molar-refractivity contribution in [2.24, 2.45) is 0 Å². The lowest BCUT2D eigenvalue weighted by atomic mass is 10.2. The van der Waals surface area contributed by atoms with E-state index in [1.165, 1.54) is 24.3 Å². The summed E-state index contributed by atoms with van der Waals surface area (Å²) in [5.74, 6) is -0.858. The molecule has 2 N–H and O–H groups in total. The Kier molecular flexibility index (Phi) is 5.49. The van der Waals surface area contributed by atoms with Gasteiger partial charge in [0.25, 0.3) is 21.6 Å². The summed E-state index contributed by atoms with van der Waals surface area (Å²) >= 11 is 8.72. The van der Waals surface area contributed by atoms with E-state index < -0.39 is 20.9 Å². The molecule has 0 aliphatic heterocycles. The first-order valence-corrected chi connectivity index (χ1v) is 8.74. The molecule has 0 radical (unpaired) electrons. The smallest absolute Gasteiger partial charge is 0.270 e. The standard InChI is InChI=1S/C12H8BrClN4O5S/c13-10-5-9(6-15-11(10)14)24(22,23)17-16-12(19)7-2-1-3-8(4-7)18(20)21/h1-6,17H,(H,16,19). The van der Waals surface area contributed by atoms with Crippen molar-refractivity contribution in [3.63, 3.8) is 0 Å². The summed E-state index contributed by atoms with van der Waals surface area (Å²) in [5, 5.41) is 10.8. The second-order valence-electron chi connectivity index (χ2n) is 4.31. The van der Waals surface area contributed by atoms with Crippen LogP contribution in [0, 0.1) is 10.1 Å². The lowest BCUT2D eigenvalue weighted by molar-refractivity contribution is -0.384. The Morgan fingerprint density at radius 2 is 2.04 bits per heavy atom. The van der Waals surface area contributed by atoms with Crippen molar-refractivity contribution in [3.8, 4) is 0 Å². The molecule has 9 nitrogen and oxygen atoms in total. The van der Waals surface area contributed by atoms with Crippen LogP contribution in [-0.4, -0.2) is 24.2 Å². The van der Waals surface area contributed by atoms with Crippen molar-refractivity contribution < 1.29 is 18.1 Å². The zero-order chi connectivity index (χ0) is 17.9. The normalized spacial score (nSPS) is 11.1. The molecule has 0 fully saturated rings. The van der Waals surface area contributed by atoms with Gasteiger partial charge in [-0.2, -0.15) is 0 Å². The Morgan fingerprint density at radius 1 is 1.33 bits per heavy atom. The third-order valence-electron chi connectivity index (χ3n) is 2.70. The number of nitrogens with one attached hydrogen (secondary N) is 2. The number of non-ortho nitro benzene ring substituents is 1. The monoisotopic (exact) mass is 434 g/mol. The lowest BCUT2D eigenvalue weighted by Crippen LogP contribution is -2.41. The number of sulfonamides is 1. The zero-order valence-electron chi connectivity index (χ0n) is 11.6. The molecule has 1 aromatic heterocycles. The van der Waals surface area contributed by atoms with E-state index in [2.05, 4.69) is 20.9 Å². The van der Waals surface area contributed by atoms with Crippen LogP contribution >= 0.6 is 27.5 Å². The number of hydrazine groups is 1. The Labute approximate surface area is 149 Å². The van der Waals surface area contributed by atoms with Crippen LogP contribution in [0.2, 0.25) is 5.15 Å². The fraction of sp³-hybridized carbons (Fsp3) is 0. The van der Waals surface area contributed by atoms with Crippen LogP contribution in [0.5, 0.6) is 0 Å². The first kappa shape index (κ1) is 18.3. The maximum atomic E-state index is 12.1. The molecule has 0 saturated carbocycles. The van der Waals surface area contributed by atoms with E-state index >= 15 is 0 Å². The van der Waals surface area contributed by atoms with Gasteiger partial charge in [0.15, 0.2) is 0 Å². The van der Waals surface area contributed by atoms with E-state index in [1.54, 1.807) is 0 Å². The van der Waals surface area contributed by atoms with Gasteiger partial charge in [0.2, 0.25) is 0 Å². The summed E-state index contributed by atoms with van der Waals surface area (Å²) in [7, 11) is -4.10. The maximum Gasteiger partial charge on any atom is 0.270 e. The highest BCUT2D eigenvalue weighted by Crippen LogP contribution is 2.22. The molecule has 0 unspecified atom stereocenters. The van der Waals surface area contributed by atoms with Crippen LogP contribution in [0.1, 0.15) is 10.4 Å². The van der Waals surface area contributed by atoms with Crippen LogP contribution in [-0.2, 0) is 10.0 Å². The average molecular weight is 436 g/mol. The van der Waals surface area contributed by atoms with Crippen molar-refractivity contribution in [1.29, 1.82) is 0 Å². The average Bonchev–Trinajstić information content (AvgIpc) is 2.55. The first-order chi connectivity index (χ1) is 11.2. The molecule has 12 heteroatoms. The number of nitrogens with zero attached hydrogens (tertiary/aromatic N) is 2. The second kappa shape index (κ2) is 7.21. The zero-order valence-corrected chi connectivity index (χ0v) is 14.7. The third kappa shape index (κ3) is 4.26. The lowest BCUT2D eigenvalue weighted by Gasteiger charge is -2.08. The Bertz CT molecular complexity index is 921. The number of rotatable bonds is 5. The fourth-order valence-electron chi connectivity index (χ4n) is 1.56. The van der Waals surface area contributed by atoms with Gasteiger partial charge in [-0.25, -0.2) is 13.4 Å². The minimum Gasteiger partial charge on any atom is -0.273 e. The summed E-state index contributed by atoms with van der Waals surface area (Å²) in [5.41, 5.74) is 1.59. The minimum atomic E-state index is -4.10. The van der Waals surface area contributed by atoms with Gasteiger partial charge >= 0.3 is 0 Å². The molecule has 1 heterocycles. The summed E-state index contributed by atoms with van der Waals surface area (Å²) in [4.78, 5) is 27.2. The highest BCUT2D eigenvalue weighted by Gasteiger charge is 2.18. The van der Waals surface area contributed by atoms with E-state index in [0.29, 0.717) is 0 Å². The molecular weight excluding hydrogens is 428 g/mol. The van der Waals surface area contributed by atoms with E-state index in [9.17, 15) is 23.3 Å². The molecule has 0 spiro atoms. The third-order valence-corrected chi connectivity index (χ3v) is 5.05.